The molecule has 2 heterocycles. The van der Waals surface area contributed by atoms with E-state index in [9.17, 15) is 0 Å². The molecule has 0 spiro atoms. The number of nitrogens with zero attached hydrogens (tertiary/aromatic N) is 3. The molecule has 0 aliphatic carbocycles. The number of benzene rings is 1. The highest BCUT2D eigenvalue weighted by Gasteiger charge is 2.16. The van der Waals surface area contributed by atoms with Crippen LogP contribution in [0.25, 0.3) is 11.1 Å². The summed E-state index contributed by atoms with van der Waals surface area (Å²) in [6.45, 7) is 5.51. The fourth-order valence-corrected chi connectivity index (χ4v) is 2.85. The van der Waals surface area contributed by atoms with E-state index in [1.807, 2.05) is 6.20 Å². The summed E-state index contributed by atoms with van der Waals surface area (Å²) in [6, 6.07) is 10.7. The topological polar surface area (TPSA) is 28.6 Å². The summed E-state index contributed by atoms with van der Waals surface area (Å²) in [5.74, 6) is 1.03. The van der Waals surface area contributed by atoms with Crippen LogP contribution in [0.5, 0.6) is 0 Å². The maximum Gasteiger partial charge on any atom is 0.129 e. The SMILES string of the molecule is Cc1ccccc1-c1cc(N2CCOCC2)ncc1N(C)C. The van der Waals surface area contributed by atoms with Gasteiger partial charge in [-0.15, -0.1) is 0 Å². The molecule has 22 heavy (non-hydrogen) atoms. The zero-order valence-electron chi connectivity index (χ0n) is 13.5. The van der Waals surface area contributed by atoms with Crippen molar-refractivity contribution in [2.24, 2.45) is 0 Å². The maximum atomic E-state index is 5.44. The highest BCUT2D eigenvalue weighted by atomic mass is 16.5. The average Bonchev–Trinajstić information content (AvgIpc) is 2.55. The zero-order valence-corrected chi connectivity index (χ0v) is 13.5. The third-order valence-corrected chi connectivity index (χ3v) is 4.12. The van der Waals surface area contributed by atoms with Gasteiger partial charge in [-0.05, 0) is 24.1 Å². The average molecular weight is 297 g/mol. The fourth-order valence-electron chi connectivity index (χ4n) is 2.85. The minimum absolute atomic E-state index is 0.775. The first kappa shape index (κ1) is 14.9. The van der Waals surface area contributed by atoms with Crippen molar-refractivity contribution in [3.05, 3.63) is 42.1 Å². The van der Waals surface area contributed by atoms with Crippen molar-refractivity contribution in [2.45, 2.75) is 6.92 Å². The molecule has 0 N–H and O–H groups in total. The van der Waals surface area contributed by atoms with Crippen LogP contribution in [0.4, 0.5) is 11.5 Å². The Morgan fingerprint density at radius 3 is 2.50 bits per heavy atom. The van der Waals surface area contributed by atoms with Gasteiger partial charge in [0.25, 0.3) is 0 Å². The van der Waals surface area contributed by atoms with E-state index in [4.69, 9.17) is 4.74 Å². The summed E-state index contributed by atoms with van der Waals surface area (Å²) >= 11 is 0. The fraction of sp³-hybridized carbons (Fsp3) is 0.389. The largest absolute Gasteiger partial charge is 0.378 e. The monoisotopic (exact) mass is 297 g/mol. The summed E-state index contributed by atoms with van der Waals surface area (Å²) in [5.41, 5.74) is 4.93. The molecule has 1 fully saturated rings. The zero-order chi connectivity index (χ0) is 15.5. The number of ether oxygens (including phenoxy) is 1. The number of anilines is 2. The van der Waals surface area contributed by atoms with Gasteiger partial charge in [0.15, 0.2) is 0 Å². The van der Waals surface area contributed by atoms with E-state index >= 15 is 0 Å². The second-order valence-electron chi connectivity index (χ2n) is 5.87. The summed E-state index contributed by atoms with van der Waals surface area (Å²) < 4.78 is 5.44. The first-order chi connectivity index (χ1) is 10.7. The Kier molecular flexibility index (Phi) is 4.29. The summed E-state index contributed by atoms with van der Waals surface area (Å²) in [7, 11) is 4.13. The van der Waals surface area contributed by atoms with Crippen LogP contribution in [-0.2, 0) is 4.74 Å². The molecule has 0 amide bonds. The molecule has 0 radical (unpaired) electrons. The lowest BCUT2D eigenvalue weighted by atomic mass is 9.99. The van der Waals surface area contributed by atoms with Gasteiger partial charge in [-0.1, -0.05) is 24.3 Å². The highest BCUT2D eigenvalue weighted by molar-refractivity contribution is 5.81. The first-order valence-corrected chi connectivity index (χ1v) is 7.73. The van der Waals surface area contributed by atoms with Gasteiger partial charge in [0, 0.05) is 32.7 Å². The molecule has 0 bridgehead atoms. The van der Waals surface area contributed by atoms with Crippen LogP contribution in [0.2, 0.25) is 0 Å². The minimum atomic E-state index is 0.775. The van der Waals surface area contributed by atoms with E-state index in [2.05, 4.69) is 66.1 Å². The number of morpholine rings is 1. The standard InChI is InChI=1S/C18H23N3O/c1-14-6-4-5-7-15(14)16-12-18(19-13-17(16)20(2)3)21-8-10-22-11-9-21/h4-7,12-13H,8-11H2,1-3H3. The van der Waals surface area contributed by atoms with Crippen molar-refractivity contribution < 1.29 is 4.74 Å². The van der Waals surface area contributed by atoms with Crippen molar-refractivity contribution in [3.8, 4) is 11.1 Å². The smallest absolute Gasteiger partial charge is 0.129 e. The Labute approximate surface area is 132 Å². The molecule has 2 aromatic rings. The first-order valence-electron chi connectivity index (χ1n) is 7.73. The van der Waals surface area contributed by atoms with Crippen molar-refractivity contribution in [2.75, 3.05) is 50.2 Å². The van der Waals surface area contributed by atoms with E-state index in [1.165, 1.54) is 16.7 Å². The second-order valence-corrected chi connectivity index (χ2v) is 5.87. The Morgan fingerprint density at radius 2 is 1.82 bits per heavy atom. The van der Waals surface area contributed by atoms with Gasteiger partial charge in [0.2, 0.25) is 0 Å². The van der Waals surface area contributed by atoms with E-state index in [0.29, 0.717) is 0 Å². The lowest BCUT2D eigenvalue weighted by Crippen LogP contribution is -2.36. The van der Waals surface area contributed by atoms with Crippen LogP contribution in [0.1, 0.15) is 5.56 Å². The normalized spacial score (nSPS) is 15.0. The van der Waals surface area contributed by atoms with Gasteiger partial charge in [0.1, 0.15) is 5.82 Å². The molecule has 116 valence electrons. The molecule has 1 saturated heterocycles. The minimum Gasteiger partial charge on any atom is -0.378 e. The quantitative estimate of drug-likeness (QED) is 0.871. The maximum absolute atomic E-state index is 5.44. The third-order valence-electron chi connectivity index (χ3n) is 4.12. The Morgan fingerprint density at radius 1 is 1.09 bits per heavy atom. The number of pyridine rings is 1. The third kappa shape index (κ3) is 2.92. The van der Waals surface area contributed by atoms with Gasteiger partial charge in [-0.3, -0.25) is 0 Å². The molecule has 0 atom stereocenters. The van der Waals surface area contributed by atoms with E-state index in [-0.39, 0.29) is 0 Å². The second kappa shape index (κ2) is 6.36. The summed E-state index contributed by atoms with van der Waals surface area (Å²) in [5, 5.41) is 0. The lowest BCUT2D eigenvalue weighted by Gasteiger charge is -2.29. The molecule has 4 nitrogen and oxygen atoms in total. The predicted molar refractivity (Wildman–Crippen MR) is 91.8 cm³/mol. The van der Waals surface area contributed by atoms with Gasteiger partial charge < -0.3 is 14.5 Å². The predicted octanol–water partition coefficient (Wildman–Crippen LogP) is 2.96. The van der Waals surface area contributed by atoms with Crippen molar-refractivity contribution in [1.82, 2.24) is 4.98 Å². The van der Waals surface area contributed by atoms with Crippen molar-refractivity contribution in [3.63, 3.8) is 0 Å². The number of aryl methyl sites for hydroxylation is 1. The number of hydrogen-bond acceptors (Lipinski definition) is 4. The Balaban J connectivity index is 2.07. The van der Waals surface area contributed by atoms with E-state index in [1.54, 1.807) is 0 Å². The van der Waals surface area contributed by atoms with Gasteiger partial charge in [-0.25, -0.2) is 4.98 Å². The molecule has 4 heteroatoms. The van der Waals surface area contributed by atoms with Crippen LogP contribution in [0, 0.1) is 6.92 Å². The molecule has 0 unspecified atom stereocenters. The molecular weight excluding hydrogens is 274 g/mol. The van der Waals surface area contributed by atoms with Gasteiger partial charge in [0.05, 0.1) is 25.1 Å². The van der Waals surface area contributed by atoms with Crippen molar-refractivity contribution >= 4 is 11.5 Å². The van der Waals surface area contributed by atoms with Crippen LogP contribution in [-0.4, -0.2) is 45.4 Å². The van der Waals surface area contributed by atoms with E-state index < -0.39 is 0 Å². The Bertz CT molecular complexity index is 649. The summed E-state index contributed by atoms with van der Waals surface area (Å²) in [6.07, 6.45) is 1.98. The lowest BCUT2D eigenvalue weighted by molar-refractivity contribution is 0.122. The van der Waals surface area contributed by atoms with Gasteiger partial charge in [-0.2, -0.15) is 0 Å². The molecular formula is C18H23N3O. The van der Waals surface area contributed by atoms with Crippen LogP contribution in [0.3, 0.4) is 0 Å². The van der Waals surface area contributed by atoms with E-state index in [0.717, 1.165) is 37.8 Å². The molecule has 1 aromatic heterocycles. The number of aromatic nitrogens is 1. The Hall–Kier alpha value is -2.07. The van der Waals surface area contributed by atoms with Crippen LogP contribution < -0.4 is 9.80 Å². The van der Waals surface area contributed by atoms with Crippen LogP contribution >= 0.6 is 0 Å². The molecule has 0 saturated carbocycles. The van der Waals surface area contributed by atoms with Gasteiger partial charge >= 0.3 is 0 Å². The summed E-state index contributed by atoms with van der Waals surface area (Å²) in [4.78, 5) is 9.09. The molecule has 3 rings (SSSR count). The molecule has 1 aromatic carbocycles. The van der Waals surface area contributed by atoms with Crippen molar-refractivity contribution in [1.29, 1.82) is 0 Å². The highest BCUT2D eigenvalue weighted by Crippen LogP contribution is 2.34. The molecule has 1 aliphatic rings. The number of hydrogen-bond donors (Lipinski definition) is 0. The number of rotatable bonds is 3. The van der Waals surface area contributed by atoms with Crippen LogP contribution in [0.15, 0.2) is 36.5 Å². The molecule has 1 aliphatic heterocycles.